The molecule has 9 heteroatoms. The number of fused-ring (bicyclic) bond motifs is 1. The average Bonchev–Trinajstić information content (AvgIpc) is 2.90. The maximum atomic E-state index is 12.5. The van der Waals surface area contributed by atoms with Crippen LogP contribution in [0.5, 0.6) is 11.5 Å². The monoisotopic (exact) mass is 378 g/mol. The number of hydrogen-bond acceptors (Lipinski definition) is 7. The van der Waals surface area contributed by atoms with Crippen molar-refractivity contribution in [1.82, 2.24) is 9.97 Å². The van der Waals surface area contributed by atoms with Crippen molar-refractivity contribution in [3.05, 3.63) is 40.5 Å². The first kappa shape index (κ1) is 18.0. The zero-order valence-electron chi connectivity index (χ0n) is 14.3. The Kier molecular flexibility index (Phi) is 5.27. The van der Waals surface area contributed by atoms with Crippen molar-refractivity contribution in [3.63, 3.8) is 0 Å². The number of ether oxygens (including phenoxy) is 2. The smallest absolute Gasteiger partial charge is 0.387 e. The molecule has 1 N–H and O–H groups in total. The van der Waals surface area contributed by atoms with Gasteiger partial charge in [0, 0.05) is 4.88 Å². The molecule has 0 saturated heterocycles. The third kappa shape index (κ3) is 3.72. The van der Waals surface area contributed by atoms with Crippen LogP contribution in [0.15, 0.2) is 29.6 Å². The molecule has 3 rings (SSSR count). The second-order valence-corrected chi connectivity index (χ2v) is 6.55. The van der Waals surface area contributed by atoms with Gasteiger partial charge in [0.2, 0.25) is 0 Å². The Bertz CT molecular complexity index is 959. The zero-order chi connectivity index (χ0) is 18.7. The predicted molar refractivity (Wildman–Crippen MR) is 97.7 cm³/mol. The molecule has 1 aromatic carbocycles. The summed E-state index contributed by atoms with van der Waals surface area (Å²) in [5.41, 5.74) is 4.55. The van der Waals surface area contributed by atoms with Gasteiger partial charge in [-0.25, -0.2) is 9.97 Å². The van der Waals surface area contributed by atoms with Crippen LogP contribution in [-0.4, -0.2) is 29.9 Å². The molecule has 0 fully saturated rings. The summed E-state index contributed by atoms with van der Waals surface area (Å²) in [5, 5.41) is 5.06. The number of rotatable bonds is 6. The van der Waals surface area contributed by atoms with Gasteiger partial charge in [-0.1, -0.05) is 0 Å². The first-order valence-electron chi connectivity index (χ1n) is 7.62. The van der Waals surface area contributed by atoms with Crippen molar-refractivity contribution < 1.29 is 18.3 Å². The van der Waals surface area contributed by atoms with Gasteiger partial charge in [-0.15, -0.1) is 11.3 Å². The van der Waals surface area contributed by atoms with E-state index in [1.807, 2.05) is 13.8 Å². The van der Waals surface area contributed by atoms with Crippen LogP contribution in [0.3, 0.4) is 0 Å². The molecule has 0 spiro atoms. The van der Waals surface area contributed by atoms with E-state index in [2.05, 4.69) is 25.2 Å². The number of halogens is 2. The van der Waals surface area contributed by atoms with Crippen molar-refractivity contribution in [1.29, 1.82) is 0 Å². The quantitative estimate of drug-likeness (QED) is 0.510. The minimum absolute atomic E-state index is 0.0554. The summed E-state index contributed by atoms with van der Waals surface area (Å²) in [6, 6.07) is 4.64. The van der Waals surface area contributed by atoms with Gasteiger partial charge in [-0.3, -0.25) is 5.43 Å². The van der Waals surface area contributed by atoms with E-state index in [1.54, 1.807) is 17.4 Å². The SMILES string of the molecule is COc1ccc(/C=N\Nc2ncnc3sc(C)c(C)c23)cc1OC(F)F. The summed E-state index contributed by atoms with van der Waals surface area (Å²) in [6.45, 7) is 1.09. The number of alkyl halides is 2. The topological polar surface area (TPSA) is 68.6 Å². The number of thiophene rings is 1. The minimum atomic E-state index is -2.94. The molecule has 2 heterocycles. The van der Waals surface area contributed by atoms with E-state index in [0.717, 1.165) is 20.7 Å². The first-order chi connectivity index (χ1) is 12.5. The molecule has 0 radical (unpaired) electrons. The van der Waals surface area contributed by atoms with E-state index in [-0.39, 0.29) is 11.5 Å². The lowest BCUT2D eigenvalue weighted by molar-refractivity contribution is -0.0512. The number of hydrazone groups is 1. The number of hydrogen-bond donors (Lipinski definition) is 1. The number of anilines is 1. The van der Waals surface area contributed by atoms with E-state index in [0.29, 0.717) is 11.4 Å². The largest absolute Gasteiger partial charge is 0.493 e. The van der Waals surface area contributed by atoms with E-state index >= 15 is 0 Å². The van der Waals surface area contributed by atoms with Crippen LogP contribution in [-0.2, 0) is 0 Å². The lowest BCUT2D eigenvalue weighted by Gasteiger charge is -2.10. The fraction of sp³-hybridized carbons (Fsp3) is 0.235. The van der Waals surface area contributed by atoms with Crippen molar-refractivity contribution in [3.8, 4) is 11.5 Å². The lowest BCUT2D eigenvalue weighted by Crippen LogP contribution is -2.04. The molecule has 3 aromatic rings. The highest BCUT2D eigenvalue weighted by atomic mass is 32.1. The summed E-state index contributed by atoms with van der Waals surface area (Å²) >= 11 is 1.59. The van der Waals surface area contributed by atoms with E-state index in [4.69, 9.17) is 4.74 Å². The Morgan fingerprint density at radius 3 is 2.77 bits per heavy atom. The second kappa shape index (κ2) is 7.61. The molecule has 2 aromatic heterocycles. The highest BCUT2D eigenvalue weighted by Gasteiger charge is 2.12. The van der Waals surface area contributed by atoms with Gasteiger partial charge in [0.05, 0.1) is 18.7 Å². The Balaban J connectivity index is 1.83. The van der Waals surface area contributed by atoms with Crippen molar-refractivity contribution in [2.75, 3.05) is 12.5 Å². The van der Waals surface area contributed by atoms with Gasteiger partial charge >= 0.3 is 6.61 Å². The van der Waals surface area contributed by atoms with Crippen LogP contribution in [0.2, 0.25) is 0 Å². The summed E-state index contributed by atoms with van der Waals surface area (Å²) in [5.74, 6) is 0.753. The third-order valence-corrected chi connectivity index (χ3v) is 4.87. The molecule has 0 unspecified atom stereocenters. The van der Waals surface area contributed by atoms with Gasteiger partial charge in [-0.05, 0) is 43.2 Å². The highest BCUT2D eigenvalue weighted by molar-refractivity contribution is 7.18. The van der Waals surface area contributed by atoms with Gasteiger partial charge in [-0.2, -0.15) is 13.9 Å². The van der Waals surface area contributed by atoms with Gasteiger partial charge in [0.15, 0.2) is 17.3 Å². The summed E-state index contributed by atoms with van der Waals surface area (Å²) in [4.78, 5) is 10.5. The molecule has 0 aliphatic carbocycles. The molecular formula is C17H16F2N4O2S. The molecule has 0 bridgehead atoms. The number of benzene rings is 1. The van der Waals surface area contributed by atoms with Crippen LogP contribution >= 0.6 is 11.3 Å². The maximum absolute atomic E-state index is 12.5. The fourth-order valence-corrected chi connectivity index (χ4v) is 3.39. The predicted octanol–water partition coefficient (Wildman–Crippen LogP) is 4.36. The molecular weight excluding hydrogens is 362 g/mol. The Hall–Kier alpha value is -2.81. The molecule has 6 nitrogen and oxygen atoms in total. The number of nitrogens with zero attached hydrogens (tertiary/aromatic N) is 3. The fourth-order valence-electron chi connectivity index (χ4n) is 2.40. The van der Waals surface area contributed by atoms with Crippen LogP contribution in [0.25, 0.3) is 10.2 Å². The summed E-state index contributed by atoms with van der Waals surface area (Å²) < 4.78 is 34.4. The van der Waals surface area contributed by atoms with Crippen LogP contribution in [0.1, 0.15) is 16.0 Å². The normalized spacial score (nSPS) is 11.5. The number of aryl methyl sites for hydroxylation is 2. The molecule has 136 valence electrons. The van der Waals surface area contributed by atoms with Gasteiger partial charge in [0.25, 0.3) is 0 Å². The molecule has 0 saturated carbocycles. The number of nitrogens with one attached hydrogen (secondary N) is 1. The second-order valence-electron chi connectivity index (χ2n) is 5.34. The molecule has 26 heavy (non-hydrogen) atoms. The minimum Gasteiger partial charge on any atom is -0.493 e. The van der Waals surface area contributed by atoms with Crippen LogP contribution in [0.4, 0.5) is 14.6 Å². The molecule has 0 atom stereocenters. The van der Waals surface area contributed by atoms with Crippen LogP contribution in [0, 0.1) is 13.8 Å². The maximum Gasteiger partial charge on any atom is 0.387 e. The highest BCUT2D eigenvalue weighted by Crippen LogP contribution is 2.32. The van der Waals surface area contributed by atoms with Crippen molar-refractivity contribution in [2.24, 2.45) is 5.10 Å². The van der Waals surface area contributed by atoms with Crippen molar-refractivity contribution in [2.45, 2.75) is 20.5 Å². The average molecular weight is 378 g/mol. The van der Waals surface area contributed by atoms with Gasteiger partial charge < -0.3 is 9.47 Å². The third-order valence-electron chi connectivity index (χ3n) is 3.75. The Morgan fingerprint density at radius 2 is 2.04 bits per heavy atom. The standard InChI is InChI=1S/C17H16F2N4O2S/c1-9-10(2)26-16-14(9)15(20-8-21-16)23-22-7-11-4-5-12(24-3)13(6-11)25-17(18)19/h4-8,17H,1-3H3,(H,20,21,23)/b22-7-. The zero-order valence-corrected chi connectivity index (χ0v) is 15.1. The van der Waals surface area contributed by atoms with E-state index < -0.39 is 6.61 Å². The first-order valence-corrected chi connectivity index (χ1v) is 8.44. The lowest BCUT2D eigenvalue weighted by atomic mass is 10.2. The number of aromatic nitrogens is 2. The Labute approximate surface area is 152 Å². The molecule has 0 aliphatic heterocycles. The summed E-state index contributed by atoms with van der Waals surface area (Å²) in [7, 11) is 1.38. The Morgan fingerprint density at radius 1 is 1.23 bits per heavy atom. The van der Waals surface area contributed by atoms with Gasteiger partial charge in [0.1, 0.15) is 11.2 Å². The van der Waals surface area contributed by atoms with E-state index in [1.165, 1.54) is 31.8 Å². The van der Waals surface area contributed by atoms with Crippen LogP contribution < -0.4 is 14.9 Å². The summed E-state index contributed by atoms with van der Waals surface area (Å²) in [6.07, 6.45) is 2.96. The van der Waals surface area contributed by atoms with E-state index in [9.17, 15) is 8.78 Å². The van der Waals surface area contributed by atoms with Crippen molar-refractivity contribution >= 4 is 33.6 Å². The number of methoxy groups -OCH3 is 1. The molecule has 0 aliphatic rings. The molecule has 0 amide bonds.